The smallest absolute Gasteiger partial charge is 0.394 e. The zero-order chi connectivity index (χ0) is 17.5. The predicted molar refractivity (Wildman–Crippen MR) is 87.6 cm³/mol. The number of nitriles is 1. The third-order valence-corrected chi connectivity index (χ3v) is 3.23. The van der Waals surface area contributed by atoms with Crippen molar-refractivity contribution in [3.63, 3.8) is 0 Å². The van der Waals surface area contributed by atoms with Crippen molar-refractivity contribution < 1.29 is 15.0 Å². The number of benzene rings is 2. The average molecular weight is 323 g/mol. The van der Waals surface area contributed by atoms with Crippen molar-refractivity contribution in [3.05, 3.63) is 65.1 Å². The average Bonchev–Trinajstić information content (AvgIpc) is 2.88. The lowest BCUT2D eigenvalue weighted by atomic mass is 10.2. The minimum atomic E-state index is -1.26. The monoisotopic (exact) mass is 323 g/mol. The summed E-state index contributed by atoms with van der Waals surface area (Å²) in [6.45, 7) is 0. The quantitative estimate of drug-likeness (QED) is 0.664. The van der Waals surface area contributed by atoms with Crippen LogP contribution < -0.4 is 0 Å². The molecule has 7 nitrogen and oxygen atoms in total. The summed E-state index contributed by atoms with van der Waals surface area (Å²) in [7, 11) is 0. The van der Waals surface area contributed by atoms with Crippen LogP contribution in [0.25, 0.3) is 10.8 Å². The van der Waals surface area contributed by atoms with E-state index in [9.17, 15) is 19.9 Å². The first-order valence-electron chi connectivity index (χ1n) is 6.90. The van der Waals surface area contributed by atoms with Gasteiger partial charge in [-0.05, 0) is 17.7 Å². The first-order valence-corrected chi connectivity index (χ1v) is 6.90. The van der Waals surface area contributed by atoms with E-state index in [1.807, 2.05) is 30.3 Å². The van der Waals surface area contributed by atoms with E-state index in [0.717, 1.165) is 5.56 Å². The van der Waals surface area contributed by atoms with E-state index >= 15 is 0 Å². The van der Waals surface area contributed by atoms with Crippen molar-refractivity contribution in [2.24, 2.45) is 5.18 Å². The third kappa shape index (κ3) is 3.39. The minimum absolute atomic E-state index is 0.284. The lowest BCUT2D eigenvalue weighted by Gasteiger charge is -1.96. The van der Waals surface area contributed by atoms with Crippen molar-refractivity contribution in [2.75, 3.05) is 0 Å². The van der Waals surface area contributed by atoms with E-state index in [0.29, 0.717) is 11.0 Å². The highest BCUT2D eigenvalue weighted by Gasteiger charge is 2.20. The number of hydrogen-bond acceptors (Lipinski definition) is 5. The van der Waals surface area contributed by atoms with Crippen molar-refractivity contribution in [1.29, 1.82) is 5.26 Å². The molecule has 0 saturated carbocycles. The number of amides is 1. The SMILES string of the molecule is N#CCc1ccccc1.O=NC(=O)n1c(O)c2ccccc2c1O. The highest BCUT2D eigenvalue weighted by molar-refractivity contribution is 5.98. The van der Waals surface area contributed by atoms with E-state index in [1.165, 1.54) is 12.1 Å². The van der Waals surface area contributed by atoms with Gasteiger partial charge in [-0.3, -0.25) is 0 Å². The molecule has 0 aliphatic heterocycles. The van der Waals surface area contributed by atoms with Gasteiger partial charge in [0.25, 0.3) is 0 Å². The molecule has 24 heavy (non-hydrogen) atoms. The van der Waals surface area contributed by atoms with Crippen molar-refractivity contribution in [1.82, 2.24) is 4.57 Å². The van der Waals surface area contributed by atoms with Crippen LogP contribution >= 0.6 is 0 Å². The first-order chi connectivity index (χ1) is 11.6. The lowest BCUT2D eigenvalue weighted by molar-refractivity contribution is 0.244. The van der Waals surface area contributed by atoms with Gasteiger partial charge in [-0.25, -0.2) is 4.79 Å². The summed E-state index contributed by atoms with van der Waals surface area (Å²) in [4.78, 5) is 21.0. The number of nitroso groups, excluding NO2 is 1. The van der Waals surface area contributed by atoms with Crippen LogP contribution in [0.1, 0.15) is 5.56 Å². The largest absolute Gasteiger partial charge is 0.494 e. The maximum absolute atomic E-state index is 11.0. The summed E-state index contributed by atoms with van der Waals surface area (Å²) < 4.78 is 0.456. The summed E-state index contributed by atoms with van der Waals surface area (Å²) in [5.41, 5.74) is 1.08. The molecular formula is C17H13N3O4. The van der Waals surface area contributed by atoms with Crippen LogP contribution in [-0.4, -0.2) is 20.8 Å². The fraction of sp³-hybridized carbons (Fsp3) is 0.0588. The zero-order valence-electron chi connectivity index (χ0n) is 12.5. The molecule has 0 saturated heterocycles. The van der Waals surface area contributed by atoms with Crippen LogP contribution in [0.5, 0.6) is 11.8 Å². The highest BCUT2D eigenvalue weighted by Crippen LogP contribution is 2.35. The van der Waals surface area contributed by atoms with Crippen LogP contribution in [0.4, 0.5) is 4.79 Å². The molecule has 3 aromatic rings. The lowest BCUT2D eigenvalue weighted by Crippen LogP contribution is -2.03. The number of carbonyl (C=O) groups is 1. The molecule has 2 aromatic carbocycles. The molecule has 0 fully saturated rings. The highest BCUT2D eigenvalue weighted by atomic mass is 16.3. The first kappa shape index (κ1) is 16.7. The number of fused-ring (bicyclic) bond motifs is 1. The van der Waals surface area contributed by atoms with Gasteiger partial charge in [0.05, 0.1) is 12.5 Å². The fourth-order valence-corrected chi connectivity index (χ4v) is 2.12. The molecule has 0 spiro atoms. The molecule has 7 heteroatoms. The molecule has 0 bridgehead atoms. The van der Waals surface area contributed by atoms with Crippen LogP contribution in [0.3, 0.4) is 0 Å². The van der Waals surface area contributed by atoms with Crippen LogP contribution in [-0.2, 0) is 6.42 Å². The Morgan fingerprint density at radius 3 is 1.96 bits per heavy atom. The molecule has 0 radical (unpaired) electrons. The summed E-state index contributed by atoms with van der Waals surface area (Å²) in [5, 5.41) is 30.1. The van der Waals surface area contributed by atoms with Gasteiger partial charge in [0.2, 0.25) is 11.8 Å². The predicted octanol–water partition coefficient (Wildman–Crippen LogP) is 3.54. The molecule has 120 valence electrons. The van der Waals surface area contributed by atoms with Crippen molar-refractivity contribution in [3.8, 4) is 17.8 Å². The van der Waals surface area contributed by atoms with Gasteiger partial charge in [0.1, 0.15) is 0 Å². The maximum Gasteiger partial charge on any atom is 0.394 e. The summed E-state index contributed by atoms with van der Waals surface area (Å²) in [5.74, 6) is -0.986. The number of carbonyl (C=O) groups excluding carboxylic acids is 1. The Hall–Kier alpha value is -3.66. The van der Waals surface area contributed by atoms with E-state index in [2.05, 4.69) is 11.2 Å². The molecule has 0 aliphatic carbocycles. The van der Waals surface area contributed by atoms with Crippen molar-refractivity contribution >= 4 is 16.8 Å². The van der Waals surface area contributed by atoms with Gasteiger partial charge in [0, 0.05) is 15.9 Å². The maximum atomic E-state index is 11.0. The fourth-order valence-electron chi connectivity index (χ4n) is 2.12. The molecule has 1 heterocycles. The number of hydrogen-bond donors (Lipinski definition) is 2. The second kappa shape index (κ2) is 7.56. The molecule has 1 aromatic heterocycles. The molecular weight excluding hydrogens is 310 g/mol. The standard InChI is InChI=1S/C9H6N2O4.C8H7N/c12-7-5-3-1-2-4-6(5)8(13)11(7)9(14)10-15;9-7-6-8-4-2-1-3-5-8/h1-4,12-13H;1-5H,6H2. The Morgan fingerprint density at radius 1 is 1.00 bits per heavy atom. The van der Waals surface area contributed by atoms with Gasteiger partial charge in [-0.1, -0.05) is 42.5 Å². The Morgan fingerprint density at radius 2 is 1.50 bits per heavy atom. The molecule has 0 aliphatic rings. The second-order valence-electron chi connectivity index (χ2n) is 4.72. The van der Waals surface area contributed by atoms with Crippen LogP contribution in [0.15, 0.2) is 59.8 Å². The summed E-state index contributed by atoms with van der Waals surface area (Å²) in [6, 6.07) is 16.8. The van der Waals surface area contributed by atoms with Gasteiger partial charge in [0.15, 0.2) is 0 Å². The zero-order valence-corrected chi connectivity index (χ0v) is 12.5. The summed E-state index contributed by atoms with van der Waals surface area (Å²) in [6.07, 6.45) is 0.515. The van der Waals surface area contributed by atoms with Gasteiger partial charge in [-0.15, -0.1) is 4.91 Å². The van der Waals surface area contributed by atoms with E-state index in [1.54, 1.807) is 12.1 Å². The Labute approximate surface area is 137 Å². The molecule has 1 amide bonds. The third-order valence-electron chi connectivity index (χ3n) is 3.23. The minimum Gasteiger partial charge on any atom is -0.494 e. The van der Waals surface area contributed by atoms with E-state index in [-0.39, 0.29) is 10.8 Å². The molecule has 3 rings (SSSR count). The Kier molecular flexibility index (Phi) is 5.26. The molecule has 2 N–H and O–H groups in total. The van der Waals surface area contributed by atoms with Gasteiger partial charge >= 0.3 is 6.03 Å². The molecule has 0 atom stereocenters. The number of rotatable bonds is 1. The van der Waals surface area contributed by atoms with E-state index < -0.39 is 17.8 Å². The van der Waals surface area contributed by atoms with Crippen LogP contribution in [0, 0.1) is 16.2 Å². The topological polar surface area (TPSA) is 116 Å². The second-order valence-corrected chi connectivity index (χ2v) is 4.72. The number of nitrogens with zero attached hydrogens (tertiary/aromatic N) is 3. The van der Waals surface area contributed by atoms with Crippen molar-refractivity contribution in [2.45, 2.75) is 6.42 Å². The van der Waals surface area contributed by atoms with E-state index in [4.69, 9.17) is 5.26 Å². The Balaban J connectivity index is 0.000000198. The van der Waals surface area contributed by atoms with Crippen LogP contribution in [0.2, 0.25) is 0 Å². The molecule has 0 unspecified atom stereocenters. The summed E-state index contributed by atoms with van der Waals surface area (Å²) >= 11 is 0. The number of aromatic hydroxyl groups is 2. The van der Waals surface area contributed by atoms with Gasteiger partial charge in [-0.2, -0.15) is 9.83 Å². The number of aromatic nitrogens is 1. The normalized spacial score (nSPS) is 9.62. The Bertz CT molecular complexity index is 872. The van der Waals surface area contributed by atoms with Gasteiger partial charge < -0.3 is 10.2 Å².